The molecule has 0 atom stereocenters. The predicted octanol–water partition coefficient (Wildman–Crippen LogP) is 1.46. The third-order valence-electron chi connectivity index (χ3n) is 2.93. The average Bonchev–Trinajstić information content (AvgIpc) is 2.53. The molecule has 21 heavy (non-hydrogen) atoms. The fourth-order valence-corrected chi connectivity index (χ4v) is 3.05. The molecule has 2 aromatic carbocycles. The number of nitrogens with one attached hydrogen (secondary N) is 2. The Morgan fingerprint density at radius 2 is 1.90 bits per heavy atom. The number of sulfonamides is 1. The number of hydrazine groups is 1. The van der Waals surface area contributed by atoms with Gasteiger partial charge in [-0.1, -0.05) is 24.3 Å². The average molecular weight is 307 g/mol. The molecule has 112 valence electrons. The van der Waals surface area contributed by atoms with Gasteiger partial charge >= 0.3 is 0 Å². The van der Waals surface area contributed by atoms with Crippen molar-refractivity contribution in [1.29, 1.82) is 0 Å². The molecule has 0 saturated heterocycles. The maximum atomic E-state index is 12.3. The molecule has 0 heterocycles. The van der Waals surface area contributed by atoms with Crippen molar-refractivity contribution in [3.8, 4) is 5.75 Å². The van der Waals surface area contributed by atoms with Crippen LogP contribution in [0.3, 0.4) is 0 Å². The lowest BCUT2D eigenvalue weighted by Gasteiger charge is -2.11. The highest BCUT2D eigenvalue weighted by Gasteiger charge is 2.17. The quantitative estimate of drug-likeness (QED) is 0.555. The monoisotopic (exact) mass is 307 g/mol. The summed E-state index contributed by atoms with van der Waals surface area (Å²) in [6.07, 6.45) is 0. The van der Waals surface area contributed by atoms with Crippen LogP contribution in [-0.4, -0.2) is 15.5 Å². The molecule has 0 amide bonds. The molecular weight excluding hydrogens is 290 g/mol. The second-order valence-corrected chi connectivity index (χ2v) is 6.05. The van der Waals surface area contributed by atoms with Crippen LogP contribution in [0.15, 0.2) is 53.4 Å². The molecule has 0 fully saturated rings. The van der Waals surface area contributed by atoms with E-state index in [0.717, 1.165) is 5.56 Å². The molecule has 2 rings (SSSR count). The Labute approximate surface area is 124 Å². The first kappa shape index (κ1) is 15.3. The molecule has 0 aromatic heterocycles. The maximum Gasteiger partial charge on any atom is 0.242 e. The Kier molecular flexibility index (Phi) is 4.79. The second kappa shape index (κ2) is 6.57. The summed E-state index contributed by atoms with van der Waals surface area (Å²) in [5.74, 6) is 6.01. The number of anilines is 1. The summed E-state index contributed by atoms with van der Waals surface area (Å²) in [5, 5.41) is 0. The summed E-state index contributed by atoms with van der Waals surface area (Å²) in [6.45, 7) is 0.165. The number of nitrogens with two attached hydrogens (primary N) is 1. The van der Waals surface area contributed by atoms with E-state index in [0.29, 0.717) is 11.4 Å². The molecule has 7 heteroatoms. The Bertz CT molecular complexity index is 717. The molecule has 0 unspecified atom stereocenters. The molecule has 2 aromatic rings. The molecule has 6 nitrogen and oxygen atoms in total. The van der Waals surface area contributed by atoms with Crippen molar-refractivity contribution in [3.63, 3.8) is 0 Å². The first-order chi connectivity index (χ1) is 10.1. The van der Waals surface area contributed by atoms with Crippen LogP contribution in [0.25, 0.3) is 0 Å². The molecule has 0 spiro atoms. The molecule has 4 N–H and O–H groups in total. The predicted molar refractivity (Wildman–Crippen MR) is 81.3 cm³/mol. The van der Waals surface area contributed by atoms with Crippen LogP contribution in [0.2, 0.25) is 0 Å². The summed E-state index contributed by atoms with van der Waals surface area (Å²) in [7, 11) is -2.09. The van der Waals surface area contributed by atoms with Crippen molar-refractivity contribution in [1.82, 2.24) is 4.72 Å². The molecule has 0 aliphatic rings. The number of hydrogen-bond donors (Lipinski definition) is 3. The van der Waals surface area contributed by atoms with Gasteiger partial charge in [-0.3, -0.25) is 5.84 Å². The van der Waals surface area contributed by atoms with Gasteiger partial charge in [0.05, 0.1) is 12.8 Å². The molecule has 0 aliphatic heterocycles. The summed E-state index contributed by atoms with van der Waals surface area (Å²) in [6, 6.07) is 13.6. The second-order valence-electron chi connectivity index (χ2n) is 4.32. The minimum absolute atomic E-state index is 0.107. The number of ether oxygens (including phenoxy) is 1. The maximum absolute atomic E-state index is 12.3. The highest BCUT2D eigenvalue weighted by molar-refractivity contribution is 7.89. The van der Waals surface area contributed by atoms with Crippen LogP contribution in [0.4, 0.5) is 5.69 Å². The third-order valence-corrected chi connectivity index (χ3v) is 4.39. The van der Waals surface area contributed by atoms with E-state index in [1.165, 1.54) is 6.07 Å². The number of benzene rings is 2. The van der Waals surface area contributed by atoms with Crippen molar-refractivity contribution in [3.05, 3.63) is 54.1 Å². The SMILES string of the molecule is COc1cccc(CNS(=O)(=O)c2ccccc2NN)c1. The topological polar surface area (TPSA) is 93.4 Å². The Hall–Kier alpha value is -2.09. The number of nitrogen functional groups attached to an aromatic ring is 1. The van der Waals surface area contributed by atoms with Crippen molar-refractivity contribution in [2.24, 2.45) is 5.84 Å². The molecule has 0 bridgehead atoms. The fraction of sp³-hybridized carbons (Fsp3) is 0.143. The summed E-state index contributed by atoms with van der Waals surface area (Å²) in [4.78, 5) is 0.107. The van der Waals surface area contributed by atoms with E-state index in [2.05, 4.69) is 10.1 Å². The molecule has 0 radical (unpaired) electrons. The van der Waals surface area contributed by atoms with Crippen molar-refractivity contribution in [2.75, 3.05) is 12.5 Å². The van der Waals surface area contributed by atoms with Gasteiger partial charge < -0.3 is 10.2 Å². The normalized spacial score (nSPS) is 11.1. The van der Waals surface area contributed by atoms with Gasteiger partial charge in [-0.25, -0.2) is 13.1 Å². The van der Waals surface area contributed by atoms with Gasteiger partial charge in [-0.2, -0.15) is 0 Å². The highest BCUT2D eigenvalue weighted by Crippen LogP contribution is 2.20. The van der Waals surface area contributed by atoms with E-state index in [1.54, 1.807) is 43.5 Å². The largest absolute Gasteiger partial charge is 0.497 e. The Morgan fingerprint density at radius 3 is 2.62 bits per heavy atom. The van der Waals surface area contributed by atoms with Crippen LogP contribution in [0.5, 0.6) is 5.75 Å². The first-order valence-electron chi connectivity index (χ1n) is 6.25. The molecule has 0 saturated carbocycles. The standard InChI is InChI=1S/C14H17N3O3S/c1-20-12-6-4-5-11(9-12)10-16-21(18,19)14-8-3-2-7-13(14)17-15/h2-9,16-17H,10,15H2,1H3. The smallest absolute Gasteiger partial charge is 0.242 e. The zero-order valence-electron chi connectivity index (χ0n) is 11.5. The van der Waals surface area contributed by atoms with Gasteiger partial charge in [0.25, 0.3) is 0 Å². The number of methoxy groups -OCH3 is 1. The zero-order valence-corrected chi connectivity index (χ0v) is 12.4. The van der Waals surface area contributed by atoms with E-state index >= 15 is 0 Å². The summed E-state index contributed by atoms with van der Waals surface area (Å²) < 4.78 is 32.2. The zero-order chi connectivity index (χ0) is 15.3. The number of para-hydroxylation sites is 1. The van der Waals surface area contributed by atoms with Gasteiger partial charge in [0, 0.05) is 6.54 Å². The van der Waals surface area contributed by atoms with Crippen LogP contribution >= 0.6 is 0 Å². The third kappa shape index (κ3) is 3.72. The summed E-state index contributed by atoms with van der Waals surface area (Å²) in [5.41, 5.74) is 3.52. The van der Waals surface area contributed by atoms with Gasteiger partial charge in [0.1, 0.15) is 10.6 Å². The Morgan fingerprint density at radius 1 is 1.14 bits per heavy atom. The van der Waals surface area contributed by atoms with Gasteiger partial charge in [-0.15, -0.1) is 0 Å². The van der Waals surface area contributed by atoms with Gasteiger partial charge in [0.15, 0.2) is 0 Å². The van der Waals surface area contributed by atoms with Crippen LogP contribution in [0.1, 0.15) is 5.56 Å². The highest BCUT2D eigenvalue weighted by atomic mass is 32.2. The number of hydrogen-bond acceptors (Lipinski definition) is 5. The van der Waals surface area contributed by atoms with Crippen molar-refractivity contribution in [2.45, 2.75) is 11.4 Å². The molecule has 0 aliphatic carbocycles. The Balaban J connectivity index is 2.18. The van der Waals surface area contributed by atoms with Gasteiger partial charge in [0.2, 0.25) is 10.0 Å². The summed E-state index contributed by atoms with van der Waals surface area (Å²) >= 11 is 0. The van der Waals surface area contributed by atoms with Crippen LogP contribution < -0.4 is 20.7 Å². The van der Waals surface area contributed by atoms with E-state index in [4.69, 9.17) is 10.6 Å². The van der Waals surface area contributed by atoms with Gasteiger partial charge in [-0.05, 0) is 29.8 Å². The van der Waals surface area contributed by atoms with Crippen LogP contribution in [-0.2, 0) is 16.6 Å². The minimum atomic E-state index is -3.65. The van der Waals surface area contributed by atoms with E-state index in [1.807, 2.05) is 6.07 Å². The van der Waals surface area contributed by atoms with Crippen molar-refractivity contribution >= 4 is 15.7 Å². The van der Waals surface area contributed by atoms with E-state index < -0.39 is 10.0 Å². The van der Waals surface area contributed by atoms with E-state index in [-0.39, 0.29) is 11.4 Å². The number of rotatable bonds is 6. The first-order valence-corrected chi connectivity index (χ1v) is 7.73. The lowest BCUT2D eigenvalue weighted by molar-refractivity contribution is 0.414. The minimum Gasteiger partial charge on any atom is -0.497 e. The molecular formula is C14H17N3O3S. The lowest BCUT2D eigenvalue weighted by Crippen LogP contribution is -2.25. The fourth-order valence-electron chi connectivity index (χ4n) is 1.86. The van der Waals surface area contributed by atoms with E-state index in [9.17, 15) is 8.42 Å². The van der Waals surface area contributed by atoms with Crippen molar-refractivity contribution < 1.29 is 13.2 Å². The lowest BCUT2D eigenvalue weighted by atomic mass is 10.2. The van der Waals surface area contributed by atoms with Crippen LogP contribution in [0, 0.1) is 0 Å².